The van der Waals surface area contributed by atoms with Crippen LogP contribution in [0, 0.1) is 0 Å². The summed E-state index contributed by atoms with van der Waals surface area (Å²) < 4.78 is 37.1. The summed E-state index contributed by atoms with van der Waals surface area (Å²) in [6, 6.07) is 6.27. The zero-order valence-electron chi connectivity index (χ0n) is 16.7. The van der Waals surface area contributed by atoms with E-state index in [-0.39, 0.29) is 12.4 Å². The predicted octanol–water partition coefficient (Wildman–Crippen LogP) is 5.88. The van der Waals surface area contributed by atoms with E-state index in [9.17, 15) is 13.2 Å². The van der Waals surface area contributed by atoms with Gasteiger partial charge < -0.3 is 5.32 Å². The SMILES string of the molecule is C=C(/C=C\C)CCC(=C)c1cccc2c1CBC(NC(=C)CCC(F)(F)F)C2. The molecule has 5 heteroatoms. The molecule has 0 aliphatic carbocycles. The number of halogens is 3. The van der Waals surface area contributed by atoms with E-state index >= 15 is 0 Å². The number of hydrogen-bond donors (Lipinski definition) is 1. The van der Waals surface area contributed by atoms with Crippen LogP contribution in [0.3, 0.4) is 0 Å². The molecule has 1 nitrogen and oxygen atoms in total. The quantitative estimate of drug-likeness (QED) is 0.412. The van der Waals surface area contributed by atoms with Gasteiger partial charge in [0.25, 0.3) is 0 Å². The molecule has 0 bridgehead atoms. The Morgan fingerprint density at radius 2 is 1.96 bits per heavy atom. The second-order valence-corrected chi connectivity index (χ2v) is 7.51. The van der Waals surface area contributed by atoms with Gasteiger partial charge in [0.05, 0.1) is 0 Å². The molecule has 2 rings (SSSR count). The number of allylic oxidation sites excluding steroid dienone is 5. The third-order valence-corrected chi connectivity index (χ3v) is 5.13. The van der Waals surface area contributed by atoms with Crippen LogP contribution in [0.5, 0.6) is 0 Å². The molecule has 1 atom stereocenters. The zero-order chi connectivity index (χ0) is 20.7. The van der Waals surface area contributed by atoms with Gasteiger partial charge in [-0.2, -0.15) is 13.2 Å². The van der Waals surface area contributed by atoms with Gasteiger partial charge in [0.1, 0.15) is 0 Å². The minimum absolute atomic E-state index is 0.0696. The van der Waals surface area contributed by atoms with E-state index in [2.05, 4.69) is 37.2 Å². The Bertz CT molecular complexity index is 762. The number of nitrogens with one attached hydrogen (secondary N) is 1. The Morgan fingerprint density at radius 3 is 2.64 bits per heavy atom. The number of fused-ring (bicyclic) bond motifs is 1. The van der Waals surface area contributed by atoms with Gasteiger partial charge in [-0.1, -0.05) is 55.7 Å². The van der Waals surface area contributed by atoms with Crippen LogP contribution in [-0.4, -0.2) is 19.4 Å². The van der Waals surface area contributed by atoms with Crippen LogP contribution < -0.4 is 5.32 Å². The molecule has 0 saturated heterocycles. The van der Waals surface area contributed by atoms with Crippen molar-refractivity contribution in [1.29, 1.82) is 0 Å². The largest absolute Gasteiger partial charge is 0.393 e. The van der Waals surface area contributed by atoms with Crippen LogP contribution in [0.25, 0.3) is 5.57 Å². The van der Waals surface area contributed by atoms with Crippen molar-refractivity contribution in [1.82, 2.24) is 5.32 Å². The van der Waals surface area contributed by atoms with E-state index in [1.807, 2.05) is 25.1 Å². The fourth-order valence-corrected chi connectivity index (χ4v) is 3.68. The fourth-order valence-electron chi connectivity index (χ4n) is 3.68. The van der Waals surface area contributed by atoms with Gasteiger partial charge >= 0.3 is 6.18 Å². The predicted molar refractivity (Wildman–Crippen MR) is 115 cm³/mol. The van der Waals surface area contributed by atoms with Crippen LogP contribution >= 0.6 is 0 Å². The van der Waals surface area contributed by atoms with Crippen molar-refractivity contribution >= 4 is 12.9 Å². The molecule has 0 spiro atoms. The Hall–Kier alpha value is -2.17. The highest BCUT2D eigenvalue weighted by Crippen LogP contribution is 2.29. The van der Waals surface area contributed by atoms with E-state index in [1.165, 1.54) is 16.7 Å². The van der Waals surface area contributed by atoms with Crippen molar-refractivity contribution in [3.05, 3.63) is 78.0 Å². The Balaban J connectivity index is 1.97. The molecule has 0 aromatic heterocycles. The number of rotatable bonds is 9. The molecule has 150 valence electrons. The standard InChI is InChI=1S/C23H29BF3N/c1-5-7-16(2)10-11-17(3)20-9-6-8-19-14-22(24-15-21(19)20)28-18(4)12-13-23(25,26)27/h5-9,22,24,28H,2-4,10-15H2,1H3/b7-5-. The maximum absolute atomic E-state index is 12.4. The number of benzene rings is 1. The normalized spacial score (nSPS) is 16.4. The average Bonchev–Trinajstić information content (AvgIpc) is 2.63. The maximum atomic E-state index is 12.4. The third-order valence-electron chi connectivity index (χ3n) is 5.13. The van der Waals surface area contributed by atoms with Gasteiger partial charge in [0, 0.05) is 18.1 Å². The van der Waals surface area contributed by atoms with Gasteiger partial charge in [-0.05, 0) is 61.2 Å². The van der Waals surface area contributed by atoms with E-state index in [4.69, 9.17) is 0 Å². The lowest BCUT2D eigenvalue weighted by molar-refractivity contribution is -0.134. The van der Waals surface area contributed by atoms with Crippen molar-refractivity contribution in [3.8, 4) is 0 Å². The molecule has 0 radical (unpaired) electrons. The monoisotopic (exact) mass is 387 g/mol. The number of alkyl halides is 3. The zero-order valence-corrected chi connectivity index (χ0v) is 16.7. The summed E-state index contributed by atoms with van der Waals surface area (Å²) in [7, 11) is 0.883. The van der Waals surface area contributed by atoms with Crippen LogP contribution in [0.4, 0.5) is 13.2 Å². The molecule has 28 heavy (non-hydrogen) atoms. The topological polar surface area (TPSA) is 12.0 Å². The van der Waals surface area contributed by atoms with Gasteiger partial charge in [-0.15, -0.1) is 0 Å². The lowest BCUT2D eigenvalue weighted by Gasteiger charge is -2.28. The summed E-state index contributed by atoms with van der Waals surface area (Å²) in [5, 5.41) is 3.20. The van der Waals surface area contributed by atoms with Crippen molar-refractivity contribution < 1.29 is 13.2 Å². The molecule has 0 amide bonds. The Morgan fingerprint density at radius 1 is 1.21 bits per heavy atom. The first-order valence-electron chi connectivity index (χ1n) is 9.80. The molecule has 1 aromatic carbocycles. The molecule has 1 N–H and O–H groups in total. The highest BCUT2D eigenvalue weighted by Gasteiger charge is 2.28. The fraction of sp³-hybridized carbons (Fsp3) is 0.391. The summed E-state index contributed by atoms with van der Waals surface area (Å²) in [4.78, 5) is 0. The molecule has 1 unspecified atom stereocenters. The molecule has 1 aromatic rings. The lowest BCUT2D eigenvalue weighted by Crippen LogP contribution is -2.40. The van der Waals surface area contributed by atoms with Crippen LogP contribution in [-0.2, 0) is 12.7 Å². The molecular formula is C23H29BF3N. The van der Waals surface area contributed by atoms with Crippen molar-refractivity contribution in [2.24, 2.45) is 0 Å². The third kappa shape index (κ3) is 6.77. The first kappa shape index (κ1) is 22.1. The second-order valence-electron chi connectivity index (χ2n) is 7.51. The first-order chi connectivity index (χ1) is 13.2. The highest BCUT2D eigenvalue weighted by atomic mass is 19.4. The van der Waals surface area contributed by atoms with Gasteiger partial charge in [-0.25, -0.2) is 0 Å². The van der Waals surface area contributed by atoms with Crippen molar-refractivity contribution in [3.63, 3.8) is 0 Å². The maximum Gasteiger partial charge on any atom is 0.389 e. The summed E-state index contributed by atoms with van der Waals surface area (Å²) in [5.74, 6) is 0.131. The highest BCUT2D eigenvalue weighted by molar-refractivity contribution is 6.38. The van der Waals surface area contributed by atoms with Gasteiger partial charge in [0.2, 0.25) is 0 Å². The molecule has 1 aliphatic heterocycles. The Kier molecular flexibility index (Phi) is 7.79. The molecule has 1 aliphatic rings. The van der Waals surface area contributed by atoms with Gasteiger partial charge in [0.15, 0.2) is 7.28 Å². The van der Waals surface area contributed by atoms with Crippen molar-refractivity contribution in [2.75, 3.05) is 0 Å². The molecule has 1 heterocycles. The summed E-state index contributed by atoms with van der Waals surface area (Å²) >= 11 is 0. The summed E-state index contributed by atoms with van der Waals surface area (Å²) in [5.41, 5.74) is 6.45. The van der Waals surface area contributed by atoms with Gasteiger partial charge in [-0.3, -0.25) is 0 Å². The van der Waals surface area contributed by atoms with E-state index in [0.29, 0.717) is 5.70 Å². The molecule has 0 fully saturated rings. The average molecular weight is 387 g/mol. The summed E-state index contributed by atoms with van der Waals surface area (Å²) in [6.45, 7) is 14.1. The second kappa shape index (κ2) is 9.86. The van der Waals surface area contributed by atoms with Crippen LogP contribution in [0.15, 0.2) is 61.4 Å². The number of hydrogen-bond acceptors (Lipinski definition) is 1. The lowest BCUT2D eigenvalue weighted by atomic mass is 9.57. The van der Waals surface area contributed by atoms with Crippen LogP contribution in [0.2, 0.25) is 0 Å². The van der Waals surface area contributed by atoms with E-state index < -0.39 is 12.6 Å². The van der Waals surface area contributed by atoms with E-state index in [0.717, 1.165) is 44.0 Å². The first-order valence-corrected chi connectivity index (χ1v) is 9.80. The minimum Gasteiger partial charge on any atom is -0.393 e. The van der Waals surface area contributed by atoms with Crippen LogP contribution in [0.1, 0.15) is 49.3 Å². The van der Waals surface area contributed by atoms with Crippen molar-refractivity contribution in [2.45, 2.75) is 57.5 Å². The molecular weight excluding hydrogens is 358 g/mol. The Labute approximate surface area is 167 Å². The van der Waals surface area contributed by atoms with E-state index in [1.54, 1.807) is 0 Å². The smallest absolute Gasteiger partial charge is 0.389 e. The minimum atomic E-state index is -4.14. The summed E-state index contributed by atoms with van der Waals surface area (Å²) in [6.07, 6.45) is 2.42. The molecule has 0 saturated carbocycles.